The van der Waals surface area contributed by atoms with Gasteiger partial charge in [0.15, 0.2) is 5.78 Å². The highest BCUT2D eigenvalue weighted by molar-refractivity contribution is 6.31. The molecule has 40 heavy (non-hydrogen) atoms. The number of alkyl halides is 6. The van der Waals surface area contributed by atoms with E-state index in [0.717, 1.165) is 11.3 Å². The van der Waals surface area contributed by atoms with Crippen molar-refractivity contribution >= 4 is 29.3 Å². The number of carbonyl (C=O) groups excluding carboxylic acids is 1. The van der Waals surface area contributed by atoms with Crippen LogP contribution in [0.2, 0.25) is 5.02 Å². The molecular formula is C28H17ClF6N4O. The number of aliphatic imine (C=N–C) groups is 1. The summed E-state index contributed by atoms with van der Waals surface area (Å²) in [5.74, 6) is -0.941. The lowest BCUT2D eigenvalue weighted by atomic mass is 9.96. The fourth-order valence-corrected chi connectivity index (χ4v) is 4.56. The third-order valence-corrected chi connectivity index (χ3v) is 6.66. The van der Waals surface area contributed by atoms with Crippen LogP contribution in [0.15, 0.2) is 66.0 Å². The number of hydrogen-bond donors (Lipinski definition) is 0. The molecule has 1 aliphatic heterocycles. The van der Waals surface area contributed by atoms with Crippen LogP contribution in [-0.2, 0) is 31.6 Å². The Labute approximate surface area is 228 Å². The fourth-order valence-electron chi connectivity index (χ4n) is 4.37. The van der Waals surface area contributed by atoms with Crippen molar-refractivity contribution in [3.63, 3.8) is 0 Å². The Morgan fingerprint density at radius 2 is 1.62 bits per heavy atom. The van der Waals surface area contributed by atoms with E-state index in [0.29, 0.717) is 41.2 Å². The zero-order valence-electron chi connectivity index (χ0n) is 20.3. The number of nitrogens with zero attached hydrogens (tertiary/aromatic N) is 4. The number of aromatic nitrogens is 3. The van der Waals surface area contributed by atoms with Crippen LogP contribution in [0.5, 0.6) is 0 Å². The Balaban J connectivity index is 1.45. The molecular weight excluding hydrogens is 558 g/mol. The van der Waals surface area contributed by atoms with Crippen molar-refractivity contribution in [2.45, 2.75) is 31.6 Å². The normalized spacial score (nSPS) is 13.0. The quantitative estimate of drug-likeness (QED) is 0.177. The minimum Gasteiger partial charge on any atom is -0.294 e. The first-order valence-electron chi connectivity index (χ1n) is 11.8. The molecule has 2 aromatic carbocycles. The van der Waals surface area contributed by atoms with Crippen molar-refractivity contribution in [3.05, 3.63) is 105 Å². The first kappa shape index (κ1) is 27.4. The van der Waals surface area contributed by atoms with Crippen LogP contribution in [0, 0.1) is 0 Å². The molecule has 0 N–H and O–H groups in total. The highest BCUT2D eigenvalue weighted by Gasteiger charge is 2.37. The number of carbonyl (C=O) groups is 1. The first-order valence-corrected chi connectivity index (χ1v) is 12.2. The lowest BCUT2D eigenvalue weighted by Crippen LogP contribution is -2.14. The van der Waals surface area contributed by atoms with Gasteiger partial charge in [-0.1, -0.05) is 23.7 Å². The van der Waals surface area contributed by atoms with E-state index in [-0.39, 0.29) is 23.1 Å². The summed E-state index contributed by atoms with van der Waals surface area (Å²) in [5.41, 5.74) is 0.483. The van der Waals surface area contributed by atoms with Gasteiger partial charge in [-0.25, -0.2) is 9.97 Å². The molecule has 0 aliphatic carbocycles. The van der Waals surface area contributed by atoms with E-state index in [4.69, 9.17) is 11.6 Å². The largest absolute Gasteiger partial charge is 0.416 e. The van der Waals surface area contributed by atoms with Crippen LogP contribution in [0.1, 0.15) is 44.0 Å². The zero-order valence-corrected chi connectivity index (χ0v) is 21.1. The summed E-state index contributed by atoms with van der Waals surface area (Å²) in [6.07, 6.45) is -4.98. The van der Waals surface area contributed by atoms with E-state index in [1.54, 1.807) is 30.6 Å². The van der Waals surface area contributed by atoms with Crippen molar-refractivity contribution in [2.75, 3.05) is 0 Å². The molecule has 0 unspecified atom stereocenters. The van der Waals surface area contributed by atoms with Gasteiger partial charge in [0.1, 0.15) is 17.7 Å². The van der Waals surface area contributed by atoms with Crippen molar-refractivity contribution in [1.82, 2.24) is 15.0 Å². The highest BCUT2D eigenvalue weighted by atomic mass is 35.5. The van der Waals surface area contributed by atoms with Gasteiger partial charge in [0.2, 0.25) is 0 Å². The molecule has 1 aliphatic rings. The minimum absolute atomic E-state index is 0.0207. The fraction of sp³-hybridized carbons (Fsp3) is 0.179. The number of ketones is 1. The van der Waals surface area contributed by atoms with Crippen molar-refractivity contribution < 1.29 is 31.1 Å². The molecule has 204 valence electrons. The summed E-state index contributed by atoms with van der Waals surface area (Å²) in [6, 6.07) is 9.20. The van der Waals surface area contributed by atoms with Gasteiger partial charge in [0, 0.05) is 47.8 Å². The molecule has 0 atom stereocenters. The molecule has 0 amide bonds. The van der Waals surface area contributed by atoms with Gasteiger partial charge in [-0.3, -0.25) is 14.8 Å². The number of halogens is 7. The van der Waals surface area contributed by atoms with E-state index in [1.165, 1.54) is 12.4 Å². The van der Waals surface area contributed by atoms with Crippen LogP contribution in [0.3, 0.4) is 0 Å². The van der Waals surface area contributed by atoms with E-state index in [9.17, 15) is 31.1 Å². The van der Waals surface area contributed by atoms with Gasteiger partial charge in [-0.05, 0) is 47.5 Å². The predicted octanol–water partition coefficient (Wildman–Crippen LogP) is 7.50. The van der Waals surface area contributed by atoms with Gasteiger partial charge >= 0.3 is 12.4 Å². The summed E-state index contributed by atoms with van der Waals surface area (Å²) in [4.78, 5) is 30.4. The van der Waals surface area contributed by atoms with E-state index >= 15 is 0 Å². The highest BCUT2D eigenvalue weighted by Crippen LogP contribution is 2.37. The number of benzene rings is 2. The first-order chi connectivity index (χ1) is 18.9. The van der Waals surface area contributed by atoms with Crippen LogP contribution >= 0.6 is 11.6 Å². The van der Waals surface area contributed by atoms with Gasteiger partial charge in [0.25, 0.3) is 0 Å². The standard InChI is InChI=1S/C28H17ClF6N4O/c29-21-4-3-15(9-23-20(2-1-6-36-23)25-26-22(5-7-37-26)38-14-39-25)8-16(21)12-24(40)17-10-18(27(30,31)32)13-19(11-17)28(33,34)35/h1-4,6-8,10-11,13-14H,5,9,12H2. The number of fused-ring (bicyclic) bond motifs is 1. The summed E-state index contributed by atoms with van der Waals surface area (Å²) < 4.78 is 79.5. The van der Waals surface area contributed by atoms with Crippen LogP contribution in [0.4, 0.5) is 32.0 Å². The summed E-state index contributed by atoms with van der Waals surface area (Å²) >= 11 is 6.27. The Bertz CT molecular complexity index is 1620. The Kier molecular flexibility index (Phi) is 7.17. The smallest absolute Gasteiger partial charge is 0.294 e. The van der Waals surface area contributed by atoms with Gasteiger partial charge < -0.3 is 0 Å². The molecule has 0 radical (unpaired) electrons. The molecule has 2 aromatic heterocycles. The van der Waals surface area contributed by atoms with Crippen LogP contribution in [-0.4, -0.2) is 26.9 Å². The Morgan fingerprint density at radius 3 is 2.33 bits per heavy atom. The van der Waals surface area contributed by atoms with Crippen molar-refractivity contribution in [3.8, 4) is 11.3 Å². The lowest BCUT2D eigenvalue weighted by Gasteiger charge is -2.14. The molecule has 0 bridgehead atoms. The van der Waals surface area contributed by atoms with E-state index in [2.05, 4.69) is 19.9 Å². The van der Waals surface area contributed by atoms with Gasteiger partial charge in [-0.2, -0.15) is 26.3 Å². The van der Waals surface area contributed by atoms with Crippen molar-refractivity contribution in [1.29, 1.82) is 0 Å². The van der Waals surface area contributed by atoms with Crippen LogP contribution in [0.25, 0.3) is 11.3 Å². The molecule has 0 fully saturated rings. The molecule has 4 aromatic rings. The summed E-state index contributed by atoms with van der Waals surface area (Å²) in [7, 11) is 0. The molecule has 12 heteroatoms. The van der Waals surface area contributed by atoms with Crippen LogP contribution < -0.4 is 0 Å². The maximum absolute atomic E-state index is 13.3. The summed E-state index contributed by atoms with van der Waals surface area (Å²) in [6.45, 7) is 0. The van der Waals surface area contributed by atoms with Crippen molar-refractivity contribution in [2.24, 2.45) is 4.99 Å². The molecule has 0 spiro atoms. The molecule has 3 heterocycles. The third-order valence-electron chi connectivity index (χ3n) is 6.29. The van der Waals surface area contributed by atoms with E-state index < -0.39 is 41.2 Å². The molecule has 0 saturated carbocycles. The average Bonchev–Trinajstić information content (AvgIpc) is 3.39. The third kappa shape index (κ3) is 5.74. The molecule has 5 rings (SSSR count). The van der Waals surface area contributed by atoms with Gasteiger partial charge in [0.05, 0.1) is 22.5 Å². The maximum atomic E-state index is 13.3. The number of Topliss-reactive ketones (excluding diaryl/α,β-unsaturated/α-hetero) is 1. The maximum Gasteiger partial charge on any atom is 0.416 e. The zero-order chi connectivity index (χ0) is 28.7. The van der Waals surface area contributed by atoms with E-state index in [1.807, 2.05) is 6.07 Å². The average molecular weight is 575 g/mol. The second-order valence-electron chi connectivity index (χ2n) is 9.03. The number of rotatable bonds is 6. The predicted molar refractivity (Wildman–Crippen MR) is 136 cm³/mol. The Morgan fingerprint density at radius 1 is 0.900 bits per heavy atom. The second kappa shape index (κ2) is 10.5. The minimum atomic E-state index is -5.07. The topological polar surface area (TPSA) is 68.1 Å². The Hall–Kier alpha value is -4.12. The second-order valence-corrected chi connectivity index (χ2v) is 9.44. The SMILES string of the molecule is O=C(Cc1cc(Cc2ncccc2-c2ncnc3c2N=CC3)ccc1Cl)c1cc(C(F)(F)F)cc(C(F)(F)F)c1. The lowest BCUT2D eigenvalue weighted by molar-refractivity contribution is -0.143. The number of hydrogen-bond acceptors (Lipinski definition) is 5. The summed E-state index contributed by atoms with van der Waals surface area (Å²) in [5, 5.41) is 0.143. The molecule has 0 saturated heterocycles. The monoisotopic (exact) mass is 574 g/mol. The molecule has 5 nitrogen and oxygen atoms in total. The number of pyridine rings is 1. The van der Waals surface area contributed by atoms with Gasteiger partial charge in [-0.15, -0.1) is 0 Å².